The molecule has 0 aliphatic carbocycles. The fourth-order valence-corrected chi connectivity index (χ4v) is 3.35. The van der Waals surface area contributed by atoms with Gasteiger partial charge in [0.15, 0.2) is 0 Å². The molecule has 0 spiro atoms. The van der Waals surface area contributed by atoms with E-state index in [1.807, 2.05) is 74.8 Å². The molecule has 0 saturated heterocycles. The molecule has 22 heavy (non-hydrogen) atoms. The molecule has 2 rings (SSSR count). The Labute approximate surface area is 140 Å². The third-order valence-corrected chi connectivity index (χ3v) is 4.04. The van der Waals surface area contributed by atoms with E-state index in [1.54, 1.807) is 0 Å². The number of hydrogen-bond acceptors (Lipinski definition) is 2. The summed E-state index contributed by atoms with van der Waals surface area (Å²) in [5.74, 6) is 0.311. The molecule has 0 aliphatic rings. The summed E-state index contributed by atoms with van der Waals surface area (Å²) in [7, 11) is 4.06. The predicted molar refractivity (Wildman–Crippen MR) is 95.4 cm³/mol. The zero-order valence-corrected chi connectivity index (χ0v) is 14.5. The van der Waals surface area contributed by atoms with Gasteiger partial charge in [0.1, 0.15) is 5.60 Å². The summed E-state index contributed by atoms with van der Waals surface area (Å²) in [4.78, 5) is 2.12. The van der Waals surface area contributed by atoms with Gasteiger partial charge in [-0.05, 0) is 31.1 Å². The smallest absolute Gasteiger partial charge is 0.130 e. The molecule has 2 nitrogen and oxygen atoms in total. The lowest BCUT2D eigenvalue weighted by Gasteiger charge is -2.43. The van der Waals surface area contributed by atoms with Crippen molar-refractivity contribution in [1.82, 2.24) is 4.90 Å². The molecule has 0 aliphatic heterocycles. The summed E-state index contributed by atoms with van der Waals surface area (Å²) in [6, 6.07) is 19.9. The van der Waals surface area contributed by atoms with E-state index in [4.69, 9.17) is 0 Å². The zero-order chi connectivity index (χ0) is 15.5. The minimum absolute atomic E-state index is 0. The molecular weight excluding hydrogens is 294 g/mol. The topological polar surface area (TPSA) is 23.5 Å². The standard InChI is InChI=1S/C19H25NO.ClH/c1-15(2)18(20(3)4)19(21,16-11-7-5-8-12-16)17-13-9-6-10-14-17;/h5-15,18,21H,1-4H3;1H/t18-;/m0./s1. The second kappa shape index (κ2) is 7.77. The van der Waals surface area contributed by atoms with Gasteiger partial charge in [-0.2, -0.15) is 0 Å². The molecule has 3 heteroatoms. The molecule has 0 amide bonds. The van der Waals surface area contributed by atoms with Gasteiger partial charge < -0.3 is 10.0 Å². The van der Waals surface area contributed by atoms with Crippen LogP contribution in [0.5, 0.6) is 0 Å². The van der Waals surface area contributed by atoms with Gasteiger partial charge in [-0.3, -0.25) is 0 Å². The maximum absolute atomic E-state index is 11.7. The SMILES string of the molecule is CC(C)[C@H](N(C)C)C(O)(c1ccccc1)c1ccccc1.Cl. The fraction of sp³-hybridized carbons (Fsp3) is 0.368. The van der Waals surface area contributed by atoms with E-state index >= 15 is 0 Å². The summed E-state index contributed by atoms with van der Waals surface area (Å²) < 4.78 is 0. The number of benzene rings is 2. The summed E-state index contributed by atoms with van der Waals surface area (Å²) in [6.45, 7) is 4.31. The van der Waals surface area contributed by atoms with Crippen molar-refractivity contribution in [3.63, 3.8) is 0 Å². The van der Waals surface area contributed by atoms with E-state index in [2.05, 4.69) is 18.7 Å². The first-order valence-corrected chi connectivity index (χ1v) is 7.47. The normalized spacial score (nSPS) is 13.0. The van der Waals surface area contributed by atoms with Gasteiger partial charge in [-0.1, -0.05) is 74.5 Å². The molecule has 0 heterocycles. The third-order valence-electron chi connectivity index (χ3n) is 4.04. The van der Waals surface area contributed by atoms with Gasteiger partial charge >= 0.3 is 0 Å². The van der Waals surface area contributed by atoms with Crippen LogP contribution in [-0.2, 0) is 5.60 Å². The van der Waals surface area contributed by atoms with Crippen LogP contribution in [-0.4, -0.2) is 30.1 Å². The minimum Gasteiger partial charge on any atom is -0.379 e. The number of halogens is 1. The van der Waals surface area contributed by atoms with E-state index in [9.17, 15) is 5.11 Å². The lowest BCUT2D eigenvalue weighted by atomic mass is 9.75. The van der Waals surface area contributed by atoms with Gasteiger partial charge in [0.25, 0.3) is 0 Å². The molecule has 1 N–H and O–H groups in total. The first kappa shape index (κ1) is 18.7. The zero-order valence-electron chi connectivity index (χ0n) is 13.7. The Bertz CT molecular complexity index is 507. The molecule has 0 fully saturated rings. The van der Waals surface area contributed by atoms with Crippen LogP contribution in [0.15, 0.2) is 60.7 Å². The highest BCUT2D eigenvalue weighted by Crippen LogP contribution is 2.37. The molecule has 0 bridgehead atoms. The highest BCUT2D eigenvalue weighted by Gasteiger charge is 2.42. The van der Waals surface area contributed by atoms with Crippen molar-refractivity contribution >= 4 is 12.4 Å². The van der Waals surface area contributed by atoms with Gasteiger partial charge in [-0.25, -0.2) is 0 Å². The highest BCUT2D eigenvalue weighted by atomic mass is 35.5. The van der Waals surface area contributed by atoms with Crippen LogP contribution in [0.4, 0.5) is 0 Å². The molecule has 1 atom stereocenters. The van der Waals surface area contributed by atoms with Crippen molar-refractivity contribution in [1.29, 1.82) is 0 Å². The predicted octanol–water partition coefficient (Wildman–Crippen LogP) is 3.93. The summed E-state index contributed by atoms with van der Waals surface area (Å²) >= 11 is 0. The van der Waals surface area contributed by atoms with Crippen molar-refractivity contribution in [3.8, 4) is 0 Å². The Morgan fingerprint density at radius 1 is 0.818 bits per heavy atom. The van der Waals surface area contributed by atoms with E-state index in [0.29, 0.717) is 5.92 Å². The number of rotatable bonds is 5. The monoisotopic (exact) mass is 319 g/mol. The van der Waals surface area contributed by atoms with Crippen molar-refractivity contribution < 1.29 is 5.11 Å². The molecule has 0 saturated carbocycles. The Morgan fingerprint density at radius 2 is 1.18 bits per heavy atom. The van der Waals surface area contributed by atoms with Crippen LogP contribution in [0.3, 0.4) is 0 Å². The molecule has 120 valence electrons. The highest BCUT2D eigenvalue weighted by molar-refractivity contribution is 5.85. The molecule has 0 aromatic heterocycles. The van der Waals surface area contributed by atoms with E-state index in [-0.39, 0.29) is 18.4 Å². The van der Waals surface area contributed by atoms with E-state index in [1.165, 1.54) is 0 Å². The maximum atomic E-state index is 11.7. The molecule has 2 aromatic rings. The first-order chi connectivity index (χ1) is 9.98. The second-order valence-corrected chi connectivity index (χ2v) is 6.15. The van der Waals surface area contributed by atoms with Gasteiger partial charge in [0, 0.05) is 6.04 Å². The van der Waals surface area contributed by atoms with Crippen molar-refractivity contribution in [2.24, 2.45) is 5.92 Å². The van der Waals surface area contributed by atoms with Gasteiger partial charge in [0.05, 0.1) is 0 Å². The van der Waals surface area contributed by atoms with Crippen LogP contribution in [0, 0.1) is 5.92 Å². The van der Waals surface area contributed by atoms with Crippen molar-refractivity contribution in [2.75, 3.05) is 14.1 Å². The molecule has 2 aromatic carbocycles. The molecule has 0 unspecified atom stereocenters. The van der Waals surface area contributed by atoms with Crippen LogP contribution in [0.25, 0.3) is 0 Å². The van der Waals surface area contributed by atoms with Crippen LogP contribution >= 0.6 is 12.4 Å². The summed E-state index contributed by atoms with van der Waals surface area (Å²) in [5, 5.41) is 11.7. The van der Waals surface area contributed by atoms with Crippen molar-refractivity contribution in [3.05, 3.63) is 71.8 Å². The lowest BCUT2D eigenvalue weighted by molar-refractivity contribution is -0.0237. The number of likely N-dealkylation sites (N-methyl/N-ethyl adjacent to an activating group) is 1. The van der Waals surface area contributed by atoms with Gasteiger partial charge in [-0.15, -0.1) is 12.4 Å². The number of aliphatic hydroxyl groups is 1. The van der Waals surface area contributed by atoms with Crippen LogP contribution < -0.4 is 0 Å². The minimum atomic E-state index is -1.03. The summed E-state index contributed by atoms with van der Waals surface area (Å²) in [6.07, 6.45) is 0. The van der Waals surface area contributed by atoms with E-state index in [0.717, 1.165) is 11.1 Å². The van der Waals surface area contributed by atoms with Crippen LogP contribution in [0.1, 0.15) is 25.0 Å². The Morgan fingerprint density at radius 3 is 1.45 bits per heavy atom. The Kier molecular flexibility index (Phi) is 6.61. The second-order valence-electron chi connectivity index (χ2n) is 6.15. The maximum Gasteiger partial charge on any atom is 0.130 e. The lowest BCUT2D eigenvalue weighted by Crippen LogP contribution is -2.51. The average molecular weight is 320 g/mol. The molecule has 0 radical (unpaired) electrons. The van der Waals surface area contributed by atoms with Crippen LogP contribution in [0.2, 0.25) is 0 Å². The largest absolute Gasteiger partial charge is 0.379 e. The van der Waals surface area contributed by atoms with Crippen molar-refractivity contribution in [2.45, 2.75) is 25.5 Å². The fourth-order valence-electron chi connectivity index (χ4n) is 3.35. The number of hydrogen-bond donors (Lipinski definition) is 1. The third kappa shape index (κ3) is 3.52. The van der Waals surface area contributed by atoms with E-state index < -0.39 is 5.60 Å². The Balaban J connectivity index is 0.00000242. The number of nitrogens with zero attached hydrogens (tertiary/aromatic N) is 1. The Hall–Kier alpha value is -1.35. The molecular formula is C19H26ClNO. The summed E-state index contributed by atoms with van der Waals surface area (Å²) in [5.41, 5.74) is 0.840. The first-order valence-electron chi connectivity index (χ1n) is 7.47. The van der Waals surface area contributed by atoms with Gasteiger partial charge in [0.2, 0.25) is 0 Å². The average Bonchev–Trinajstić information content (AvgIpc) is 2.48. The quantitative estimate of drug-likeness (QED) is 0.902.